The van der Waals surface area contributed by atoms with Crippen molar-refractivity contribution < 1.29 is 8.42 Å². The second-order valence-electron chi connectivity index (χ2n) is 8.01. The Kier molecular flexibility index (Phi) is 4.51. The lowest BCUT2D eigenvalue weighted by Gasteiger charge is -2.28. The number of hydrogen-bond donors (Lipinski definition) is 1. The van der Waals surface area contributed by atoms with Gasteiger partial charge >= 0.3 is 0 Å². The molecule has 1 aromatic carbocycles. The number of hydrogen-bond acceptors (Lipinski definition) is 5. The van der Waals surface area contributed by atoms with Crippen LogP contribution in [0.3, 0.4) is 0 Å². The van der Waals surface area contributed by atoms with E-state index < -0.39 is 10.0 Å². The summed E-state index contributed by atoms with van der Waals surface area (Å²) in [5.74, 6) is 0. The van der Waals surface area contributed by atoms with Crippen molar-refractivity contribution in [2.24, 2.45) is 14.1 Å². The second-order valence-corrected chi connectivity index (χ2v) is 9.64. The van der Waals surface area contributed by atoms with E-state index >= 15 is 0 Å². The van der Waals surface area contributed by atoms with Crippen molar-refractivity contribution >= 4 is 32.4 Å². The Morgan fingerprint density at radius 2 is 1.94 bits per heavy atom. The number of aromatic nitrogens is 4. The molecule has 0 fully saturated rings. The Balaban J connectivity index is 1.65. The number of nitrogens with one attached hydrogen (secondary N) is 1. The zero-order chi connectivity index (χ0) is 21.8. The Labute approximate surface area is 181 Å². The maximum absolute atomic E-state index is 12.9. The zero-order valence-corrected chi connectivity index (χ0v) is 18.5. The van der Waals surface area contributed by atoms with E-state index in [1.54, 1.807) is 25.5 Å². The van der Waals surface area contributed by atoms with Crippen LogP contribution in [0.1, 0.15) is 12.0 Å². The van der Waals surface area contributed by atoms with Crippen LogP contribution in [0.2, 0.25) is 0 Å². The van der Waals surface area contributed by atoms with Crippen LogP contribution in [0, 0.1) is 0 Å². The number of fused-ring (bicyclic) bond motifs is 2. The van der Waals surface area contributed by atoms with Gasteiger partial charge in [-0.15, -0.1) is 0 Å². The number of benzene rings is 1. The van der Waals surface area contributed by atoms with E-state index in [1.165, 1.54) is 22.0 Å². The molecule has 8 nitrogen and oxygen atoms in total. The molecule has 3 aromatic heterocycles. The first-order chi connectivity index (χ1) is 14.8. The van der Waals surface area contributed by atoms with Crippen molar-refractivity contribution in [3.63, 3.8) is 0 Å². The van der Waals surface area contributed by atoms with Crippen LogP contribution in [-0.4, -0.2) is 41.3 Å². The van der Waals surface area contributed by atoms with Gasteiger partial charge in [0.15, 0.2) is 5.03 Å². The normalized spacial score (nSPS) is 14.1. The lowest BCUT2D eigenvalue weighted by Crippen LogP contribution is -2.24. The molecule has 0 bridgehead atoms. The van der Waals surface area contributed by atoms with E-state index in [-0.39, 0.29) is 5.03 Å². The standard InChI is InChI=1S/C22H24N6O2S/c1-26-11-4-5-15-6-7-16(13-19(15)26)17-14-27(2)22-21(17)18(8-10-23-22)25-31(29,30)20-9-12-28(3)24-20/h6-10,12-14H,4-5,11H2,1-3H3,(H,23,25). The van der Waals surface area contributed by atoms with E-state index in [2.05, 4.69) is 45.0 Å². The summed E-state index contributed by atoms with van der Waals surface area (Å²) >= 11 is 0. The maximum Gasteiger partial charge on any atom is 0.281 e. The van der Waals surface area contributed by atoms with Crippen LogP contribution in [0.15, 0.2) is 53.9 Å². The molecule has 9 heteroatoms. The van der Waals surface area contributed by atoms with Gasteiger partial charge in [0.1, 0.15) is 5.65 Å². The third-order valence-corrected chi connectivity index (χ3v) is 7.07. The SMILES string of the molecule is CN1CCCc2ccc(-c3cn(C)c4nccc(NS(=O)(=O)c5ccn(C)n5)c34)cc21. The molecule has 1 aliphatic rings. The summed E-state index contributed by atoms with van der Waals surface area (Å²) in [6.07, 6.45) is 7.45. The fourth-order valence-electron chi connectivity index (χ4n) is 4.27. The van der Waals surface area contributed by atoms with Crippen molar-refractivity contribution in [2.45, 2.75) is 17.9 Å². The summed E-state index contributed by atoms with van der Waals surface area (Å²) in [5, 5.41) is 4.79. The predicted molar refractivity (Wildman–Crippen MR) is 122 cm³/mol. The van der Waals surface area contributed by atoms with E-state index in [0.29, 0.717) is 11.3 Å². The average Bonchev–Trinajstić information content (AvgIpc) is 3.33. The van der Waals surface area contributed by atoms with Gasteiger partial charge < -0.3 is 9.47 Å². The van der Waals surface area contributed by atoms with Crippen LogP contribution in [-0.2, 0) is 30.5 Å². The number of pyridine rings is 1. The van der Waals surface area contributed by atoms with Gasteiger partial charge in [-0.3, -0.25) is 9.40 Å². The van der Waals surface area contributed by atoms with Gasteiger partial charge in [-0.25, -0.2) is 4.98 Å². The van der Waals surface area contributed by atoms with E-state index in [0.717, 1.165) is 35.9 Å². The van der Waals surface area contributed by atoms with Crippen molar-refractivity contribution in [1.29, 1.82) is 0 Å². The first kappa shape index (κ1) is 19.6. The van der Waals surface area contributed by atoms with Crippen LogP contribution >= 0.6 is 0 Å². The van der Waals surface area contributed by atoms with Crippen LogP contribution in [0.5, 0.6) is 0 Å². The molecule has 0 unspecified atom stereocenters. The van der Waals surface area contributed by atoms with E-state index in [1.807, 2.05) is 17.8 Å². The molecule has 0 saturated heterocycles. The van der Waals surface area contributed by atoms with Gasteiger partial charge in [-0.2, -0.15) is 13.5 Å². The highest BCUT2D eigenvalue weighted by atomic mass is 32.2. The largest absolute Gasteiger partial charge is 0.374 e. The summed E-state index contributed by atoms with van der Waals surface area (Å²) in [4.78, 5) is 6.77. The van der Waals surface area contributed by atoms with Crippen molar-refractivity contribution in [1.82, 2.24) is 19.3 Å². The third kappa shape index (κ3) is 3.34. The molecule has 5 rings (SSSR count). The quantitative estimate of drug-likeness (QED) is 0.531. The summed E-state index contributed by atoms with van der Waals surface area (Å²) in [6, 6.07) is 9.64. The van der Waals surface area contributed by atoms with Gasteiger partial charge in [0.2, 0.25) is 0 Å². The van der Waals surface area contributed by atoms with Gasteiger partial charge in [-0.05, 0) is 42.2 Å². The third-order valence-electron chi connectivity index (χ3n) is 5.81. The highest BCUT2D eigenvalue weighted by molar-refractivity contribution is 7.92. The molecule has 0 atom stereocenters. The lowest BCUT2D eigenvalue weighted by molar-refractivity contribution is 0.593. The van der Waals surface area contributed by atoms with Crippen LogP contribution in [0.25, 0.3) is 22.2 Å². The molecular formula is C22H24N6O2S. The molecule has 0 saturated carbocycles. The van der Waals surface area contributed by atoms with E-state index in [9.17, 15) is 8.42 Å². The molecule has 160 valence electrons. The minimum Gasteiger partial charge on any atom is -0.374 e. The average molecular weight is 437 g/mol. The predicted octanol–water partition coefficient (Wildman–Crippen LogP) is 3.16. The van der Waals surface area contributed by atoms with Gasteiger partial charge in [0, 0.05) is 57.5 Å². The van der Waals surface area contributed by atoms with Crippen molar-refractivity contribution in [3.05, 3.63) is 54.5 Å². The minimum atomic E-state index is -3.82. The smallest absolute Gasteiger partial charge is 0.281 e. The molecule has 4 aromatic rings. The minimum absolute atomic E-state index is 0.0205. The lowest BCUT2D eigenvalue weighted by atomic mass is 9.97. The first-order valence-electron chi connectivity index (χ1n) is 10.1. The second kappa shape index (κ2) is 7.12. The molecule has 0 spiro atoms. The number of anilines is 2. The number of nitrogens with zero attached hydrogens (tertiary/aromatic N) is 5. The Morgan fingerprint density at radius 3 is 2.71 bits per heavy atom. The Hall–Kier alpha value is -3.33. The fourth-order valence-corrected chi connectivity index (χ4v) is 5.31. The molecule has 4 heterocycles. The molecule has 0 amide bonds. The molecule has 1 N–H and O–H groups in total. The summed E-state index contributed by atoms with van der Waals surface area (Å²) in [5.41, 5.74) is 5.72. The fraction of sp³-hybridized carbons (Fsp3) is 0.273. The van der Waals surface area contributed by atoms with Gasteiger partial charge in [-0.1, -0.05) is 12.1 Å². The summed E-state index contributed by atoms with van der Waals surface area (Å²) in [6.45, 7) is 1.03. The molecule has 0 aliphatic carbocycles. The van der Waals surface area contributed by atoms with Crippen molar-refractivity contribution in [2.75, 3.05) is 23.2 Å². The van der Waals surface area contributed by atoms with Crippen LogP contribution < -0.4 is 9.62 Å². The Bertz CT molecular complexity index is 1400. The van der Waals surface area contributed by atoms with Gasteiger partial charge in [0.05, 0.1) is 11.1 Å². The molecule has 31 heavy (non-hydrogen) atoms. The summed E-state index contributed by atoms with van der Waals surface area (Å²) < 4.78 is 32.0. The first-order valence-corrected chi connectivity index (χ1v) is 11.6. The highest BCUT2D eigenvalue weighted by Crippen LogP contribution is 2.38. The van der Waals surface area contributed by atoms with Crippen LogP contribution in [0.4, 0.5) is 11.4 Å². The van der Waals surface area contributed by atoms with Gasteiger partial charge in [0.25, 0.3) is 10.0 Å². The molecule has 1 aliphatic heterocycles. The molecular weight excluding hydrogens is 412 g/mol. The Morgan fingerprint density at radius 1 is 1.10 bits per heavy atom. The number of aryl methyl sites for hydroxylation is 3. The zero-order valence-electron chi connectivity index (χ0n) is 17.7. The topological polar surface area (TPSA) is 85.0 Å². The van der Waals surface area contributed by atoms with E-state index in [4.69, 9.17) is 0 Å². The highest BCUT2D eigenvalue weighted by Gasteiger charge is 2.22. The monoisotopic (exact) mass is 436 g/mol. The maximum atomic E-state index is 12.9. The summed E-state index contributed by atoms with van der Waals surface area (Å²) in [7, 11) is 1.89. The van der Waals surface area contributed by atoms with Crippen molar-refractivity contribution in [3.8, 4) is 11.1 Å². The number of sulfonamides is 1. The molecule has 0 radical (unpaired) electrons. The number of rotatable bonds is 4.